The van der Waals surface area contributed by atoms with Gasteiger partial charge < -0.3 is 10.0 Å². The van der Waals surface area contributed by atoms with E-state index in [1.54, 1.807) is 4.90 Å². The van der Waals surface area contributed by atoms with Crippen molar-refractivity contribution in [2.24, 2.45) is 11.3 Å². The first-order chi connectivity index (χ1) is 11.2. The van der Waals surface area contributed by atoms with Crippen molar-refractivity contribution in [2.75, 3.05) is 12.3 Å². The molecule has 1 aliphatic rings. The van der Waals surface area contributed by atoms with Gasteiger partial charge >= 0.3 is 5.97 Å². The van der Waals surface area contributed by atoms with Gasteiger partial charge in [0.2, 0.25) is 5.91 Å². The maximum absolute atomic E-state index is 13.0. The third kappa shape index (κ3) is 6.46. The molecule has 1 aliphatic carbocycles. The van der Waals surface area contributed by atoms with Crippen LogP contribution in [0.1, 0.15) is 66.2 Å². The van der Waals surface area contributed by atoms with Crippen LogP contribution < -0.4 is 0 Å². The van der Waals surface area contributed by atoms with E-state index in [4.69, 9.17) is 0 Å². The predicted octanol–water partition coefficient (Wildman–Crippen LogP) is 3.56. The topological polar surface area (TPSA) is 74.7 Å². The zero-order valence-corrected chi connectivity index (χ0v) is 16.2. The molecule has 24 heavy (non-hydrogen) atoms. The molecule has 0 spiro atoms. The third-order valence-corrected chi connectivity index (χ3v) is 5.81. The van der Waals surface area contributed by atoms with Gasteiger partial charge in [-0.2, -0.15) is 0 Å². The van der Waals surface area contributed by atoms with E-state index >= 15 is 0 Å². The number of carbonyl (C=O) groups is 3. The Morgan fingerprint density at radius 3 is 2.25 bits per heavy atom. The number of hydrogen-bond acceptors (Lipinski definition) is 4. The van der Waals surface area contributed by atoms with Gasteiger partial charge in [-0.25, -0.2) is 0 Å². The van der Waals surface area contributed by atoms with Crippen LogP contribution in [-0.2, 0) is 14.4 Å². The summed E-state index contributed by atoms with van der Waals surface area (Å²) >= 11 is 1.20. The van der Waals surface area contributed by atoms with Crippen molar-refractivity contribution in [2.45, 2.75) is 72.3 Å². The number of aliphatic carboxylic acids is 1. The standard InChI is InChI=1S/C18H31NO4S/c1-5-8-13(12-24-17(23)18(2,3)4)16(22)19(11-15(20)21)14-9-6-7-10-14/h13-14H,5-12H2,1-4H3,(H,20,21). The average Bonchev–Trinajstić information content (AvgIpc) is 3.00. The molecular formula is C18H31NO4S. The van der Waals surface area contributed by atoms with Crippen LogP contribution in [0.25, 0.3) is 0 Å². The first-order valence-corrected chi connectivity index (χ1v) is 9.84. The van der Waals surface area contributed by atoms with Crippen LogP contribution in [0.4, 0.5) is 0 Å². The number of amides is 1. The molecular weight excluding hydrogens is 326 g/mol. The molecule has 138 valence electrons. The summed E-state index contributed by atoms with van der Waals surface area (Å²) in [7, 11) is 0. The van der Waals surface area contributed by atoms with E-state index in [0.717, 1.165) is 32.1 Å². The Balaban J connectivity index is 2.80. The normalized spacial score (nSPS) is 16.8. The molecule has 0 aromatic heterocycles. The molecule has 1 unspecified atom stereocenters. The van der Waals surface area contributed by atoms with Crippen LogP contribution in [0.15, 0.2) is 0 Å². The Hall–Kier alpha value is -1.04. The molecule has 0 heterocycles. The SMILES string of the molecule is CCCC(CSC(=O)C(C)(C)C)C(=O)N(CC(=O)O)C1CCCC1. The number of carboxylic acid groups (broad SMARTS) is 1. The molecule has 1 fully saturated rings. The zero-order valence-electron chi connectivity index (χ0n) is 15.3. The maximum atomic E-state index is 13.0. The summed E-state index contributed by atoms with van der Waals surface area (Å²) < 4.78 is 0. The summed E-state index contributed by atoms with van der Waals surface area (Å²) in [5, 5.41) is 9.25. The summed E-state index contributed by atoms with van der Waals surface area (Å²) in [5.41, 5.74) is -0.434. The lowest BCUT2D eigenvalue weighted by Crippen LogP contribution is -2.46. The van der Waals surface area contributed by atoms with Gasteiger partial charge in [-0.3, -0.25) is 14.4 Å². The molecule has 0 saturated heterocycles. The van der Waals surface area contributed by atoms with Crippen LogP contribution >= 0.6 is 11.8 Å². The van der Waals surface area contributed by atoms with E-state index in [-0.39, 0.29) is 29.5 Å². The van der Waals surface area contributed by atoms with Crippen LogP contribution in [0.3, 0.4) is 0 Å². The monoisotopic (exact) mass is 357 g/mol. The molecule has 0 radical (unpaired) electrons. The van der Waals surface area contributed by atoms with E-state index in [1.165, 1.54) is 11.8 Å². The van der Waals surface area contributed by atoms with Gasteiger partial charge in [-0.1, -0.05) is 58.7 Å². The quantitative estimate of drug-likeness (QED) is 0.719. The minimum atomic E-state index is -0.969. The highest BCUT2D eigenvalue weighted by molar-refractivity contribution is 8.13. The molecule has 0 aliphatic heterocycles. The highest BCUT2D eigenvalue weighted by Gasteiger charge is 2.33. The van der Waals surface area contributed by atoms with Gasteiger partial charge in [0.25, 0.3) is 0 Å². The summed E-state index contributed by atoms with van der Waals surface area (Å²) in [5.74, 6) is -0.915. The van der Waals surface area contributed by atoms with Gasteiger partial charge in [0.05, 0.1) is 0 Å². The molecule has 6 heteroatoms. The predicted molar refractivity (Wildman–Crippen MR) is 96.9 cm³/mol. The summed E-state index contributed by atoms with van der Waals surface area (Å²) in [6.45, 7) is 7.38. The minimum Gasteiger partial charge on any atom is -0.480 e. The Morgan fingerprint density at radius 1 is 1.21 bits per heavy atom. The molecule has 1 N–H and O–H groups in total. The van der Waals surface area contributed by atoms with Crippen molar-refractivity contribution < 1.29 is 19.5 Å². The molecule has 1 atom stereocenters. The Bertz CT molecular complexity index is 452. The molecule has 0 aromatic rings. The lowest BCUT2D eigenvalue weighted by Gasteiger charge is -2.31. The van der Waals surface area contributed by atoms with Crippen molar-refractivity contribution in [1.29, 1.82) is 0 Å². The van der Waals surface area contributed by atoms with Crippen LogP contribution in [-0.4, -0.2) is 45.3 Å². The lowest BCUT2D eigenvalue weighted by molar-refractivity contribution is -0.148. The number of rotatable bonds is 8. The van der Waals surface area contributed by atoms with Crippen molar-refractivity contribution >= 4 is 28.8 Å². The fourth-order valence-electron chi connectivity index (χ4n) is 3.00. The molecule has 1 amide bonds. The van der Waals surface area contributed by atoms with Crippen molar-refractivity contribution in [3.63, 3.8) is 0 Å². The van der Waals surface area contributed by atoms with Crippen LogP contribution in [0.5, 0.6) is 0 Å². The summed E-state index contributed by atoms with van der Waals surface area (Å²) in [6.07, 6.45) is 5.38. The van der Waals surface area contributed by atoms with Crippen LogP contribution in [0.2, 0.25) is 0 Å². The molecule has 0 bridgehead atoms. The number of nitrogens with zero attached hydrogens (tertiary/aromatic N) is 1. The minimum absolute atomic E-state index is 0.0382. The fraction of sp³-hybridized carbons (Fsp3) is 0.833. The fourth-order valence-corrected chi connectivity index (χ4v) is 4.10. The second-order valence-corrected chi connectivity index (χ2v) is 8.63. The highest BCUT2D eigenvalue weighted by Crippen LogP contribution is 2.29. The number of hydrogen-bond donors (Lipinski definition) is 1. The second-order valence-electron chi connectivity index (χ2n) is 7.63. The first-order valence-electron chi connectivity index (χ1n) is 8.86. The van der Waals surface area contributed by atoms with E-state index < -0.39 is 11.4 Å². The highest BCUT2D eigenvalue weighted by atomic mass is 32.2. The first kappa shape index (κ1) is 21.0. The second kappa shape index (κ2) is 9.44. The van der Waals surface area contributed by atoms with Crippen molar-refractivity contribution in [3.05, 3.63) is 0 Å². The Labute approximate surface area is 149 Å². The zero-order chi connectivity index (χ0) is 18.3. The third-order valence-electron chi connectivity index (χ3n) is 4.37. The maximum Gasteiger partial charge on any atom is 0.323 e. The average molecular weight is 358 g/mol. The largest absolute Gasteiger partial charge is 0.480 e. The molecule has 5 nitrogen and oxygen atoms in total. The van der Waals surface area contributed by atoms with Gasteiger partial charge in [-0.15, -0.1) is 0 Å². The smallest absolute Gasteiger partial charge is 0.323 e. The van der Waals surface area contributed by atoms with E-state index in [9.17, 15) is 19.5 Å². The van der Waals surface area contributed by atoms with Crippen molar-refractivity contribution in [1.82, 2.24) is 4.90 Å². The molecule has 1 rings (SSSR count). The Kier molecular flexibility index (Phi) is 8.27. The molecule has 1 saturated carbocycles. The lowest BCUT2D eigenvalue weighted by atomic mass is 9.99. The van der Waals surface area contributed by atoms with Crippen molar-refractivity contribution in [3.8, 4) is 0 Å². The number of carbonyl (C=O) groups excluding carboxylic acids is 2. The van der Waals surface area contributed by atoms with E-state index in [1.807, 2.05) is 27.7 Å². The van der Waals surface area contributed by atoms with Crippen LogP contribution in [0, 0.1) is 11.3 Å². The Morgan fingerprint density at radius 2 is 1.79 bits per heavy atom. The summed E-state index contributed by atoms with van der Waals surface area (Å²) in [6, 6.07) is 0.0382. The van der Waals surface area contributed by atoms with Gasteiger partial charge in [0.1, 0.15) is 6.54 Å². The van der Waals surface area contributed by atoms with Gasteiger partial charge in [-0.05, 0) is 19.3 Å². The number of carboxylic acids is 1. The molecule has 0 aromatic carbocycles. The van der Waals surface area contributed by atoms with Gasteiger partial charge in [0, 0.05) is 23.1 Å². The van der Waals surface area contributed by atoms with E-state index in [0.29, 0.717) is 12.2 Å². The van der Waals surface area contributed by atoms with Gasteiger partial charge in [0.15, 0.2) is 5.12 Å². The summed E-state index contributed by atoms with van der Waals surface area (Å²) in [4.78, 5) is 37.8. The van der Waals surface area contributed by atoms with E-state index in [2.05, 4.69) is 0 Å². The number of thioether (sulfide) groups is 1.